The minimum atomic E-state index is -1.27. The van der Waals surface area contributed by atoms with E-state index in [1.54, 1.807) is 18.7 Å². The Morgan fingerprint density at radius 1 is 1.30 bits per heavy atom. The molecule has 7 heteroatoms. The van der Waals surface area contributed by atoms with E-state index in [4.69, 9.17) is 19.0 Å². The van der Waals surface area contributed by atoms with Crippen LogP contribution in [0.2, 0.25) is 0 Å². The van der Waals surface area contributed by atoms with Crippen molar-refractivity contribution in [3.05, 3.63) is 36.4 Å². The fourth-order valence-corrected chi connectivity index (χ4v) is 3.12. The van der Waals surface area contributed by atoms with Crippen LogP contribution in [0.25, 0.3) is 5.70 Å². The molecule has 0 aliphatic carbocycles. The van der Waals surface area contributed by atoms with Crippen LogP contribution < -0.4 is 5.48 Å². The number of benzene rings is 1. The molecule has 0 radical (unpaired) electrons. The van der Waals surface area contributed by atoms with E-state index in [-0.39, 0.29) is 5.92 Å². The molecule has 1 heterocycles. The van der Waals surface area contributed by atoms with Gasteiger partial charge in [0.1, 0.15) is 0 Å². The lowest BCUT2D eigenvalue weighted by Gasteiger charge is -2.35. The van der Waals surface area contributed by atoms with E-state index in [9.17, 15) is 4.79 Å². The van der Waals surface area contributed by atoms with Crippen molar-refractivity contribution in [2.75, 3.05) is 33.2 Å². The third-order valence-corrected chi connectivity index (χ3v) is 5.23. The van der Waals surface area contributed by atoms with Gasteiger partial charge in [-0.15, -0.1) is 11.8 Å². The van der Waals surface area contributed by atoms with Gasteiger partial charge in [0.2, 0.25) is 0 Å². The number of nitrogens with one attached hydrogen (secondary N) is 1. The van der Waals surface area contributed by atoms with Crippen molar-refractivity contribution in [1.29, 1.82) is 0 Å². The second-order valence-electron chi connectivity index (χ2n) is 6.58. The van der Waals surface area contributed by atoms with Crippen LogP contribution in [0.1, 0.15) is 31.7 Å². The van der Waals surface area contributed by atoms with Gasteiger partial charge in [-0.1, -0.05) is 25.1 Å². The summed E-state index contributed by atoms with van der Waals surface area (Å²) < 4.78 is 15.8. The highest BCUT2D eigenvalue weighted by Crippen LogP contribution is 2.25. The van der Waals surface area contributed by atoms with Crippen molar-refractivity contribution < 1.29 is 23.8 Å². The number of esters is 1. The first-order chi connectivity index (χ1) is 13.0. The summed E-state index contributed by atoms with van der Waals surface area (Å²) in [5.41, 5.74) is 4.66. The lowest BCUT2D eigenvalue weighted by atomic mass is 10.0. The molecule has 0 amide bonds. The van der Waals surface area contributed by atoms with Crippen LogP contribution in [0, 0.1) is 5.92 Å². The standard InChI is InChI=1S/C20H29NO5S/c1-15(17-8-10-18(27-4)11-9-17)21-26-12-6-5-7-16-13-24-20(2,25-14-16)19(22)23-3/h8-11,16,21H,1,5-7,12-14H2,2-4H3. The van der Waals surface area contributed by atoms with Crippen LogP contribution in [-0.2, 0) is 23.8 Å². The van der Waals surface area contributed by atoms with Crippen molar-refractivity contribution in [2.45, 2.75) is 36.9 Å². The molecule has 1 aliphatic rings. The molecule has 6 nitrogen and oxygen atoms in total. The second kappa shape index (κ2) is 10.7. The van der Waals surface area contributed by atoms with E-state index in [0.29, 0.717) is 19.8 Å². The highest BCUT2D eigenvalue weighted by Gasteiger charge is 2.41. The molecule has 0 saturated carbocycles. The molecule has 27 heavy (non-hydrogen) atoms. The van der Waals surface area contributed by atoms with Gasteiger partial charge >= 0.3 is 5.97 Å². The fraction of sp³-hybridized carbons (Fsp3) is 0.550. The molecular weight excluding hydrogens is 366 g/mol. The number of carbonyl (C=O) groups is 1. The predicted molar refractivity (Wildman–Crippen MR) is 106 cm³/mol. The maximum absolute atomic E-state index is 11.6. The molecule has 0 spiro atoms. The molecule has 1 aromatic rings. The average Bonchev–Trinajstić information content (AvgIpc) is 2.71. The highest BCUT2D eigenvalue weighted by molar-refractivity contribution is 7.98. The monoisotopic (exact) mass is 395 g/mol. The van der Waals surface area contributed by atoms with Gasteiger partial charge in [-0.25, -0.2) is 4.79 Å². The van der Waals surface area contributed by atoms with Crippen LogP contribution in [0.15, 0.2) is 35.7 Å². The molecule has 0 bridgehead atoms. The van der Waals surface area contributed by atoms with E-state index in [1.807, 2.05) is 12.1 Å². The molecule has 1 saturated heterocycles. The number of hydrogen-bond acceptors (Lipinski definition) is 7. The highest BCUT2D eigenvalue weighted by atomic mass is 32.2. The summed E-state index contributed by atoms with van der Waals surface area (Å²) in [5.74, 6) is -1.49. The maximum atomic E-state index is 11.6. The number of hydroxylamine groups is 1. The van der Waals surface area contributed by atoms with Crippen molar-refractivity contribution in [3.63, 3.8) is 0 Å². The van der Waals surface area contributed by atoms with Crippen LogP contribution in [0.3, 0.4) is 0 Å². The Balaban J connectivity index is 1.56. The first-order valence-corrected chi connectivity index (χ1v) is 10.3. The molecule has 150 valence electrons. The van der Waals surface area contributed by atoms with Gasteiger partial charge in [-0.05, 0) is 36.8 Å². The molecule has 0 atom stereocenters. The number of unbranched alkanes of at least 4 members (excludes halogenated alkanes) is 1. The second-order valence-corrected chi connectivity index (χ2v) is 7.46. The summed E-state index contributed by atoms with van der Waals surface area (Å²) in [7, 11) is 1.33. The summed E-state index contributed by atoms with van der Waals surface area (Å²) >= 11 is 1.71. The lowest BCUT2D eigenvalue weighted by molar-refractivity contribution is -0.272. The number of ether oxygens (including phenoxy) is 3. The molecule has 1 fully saturated rings. The quantitative estimate of drug-likeness (QED) is 0.281. The minimum Gasteiger partial charge on any atom is -0.465 e. The smallest absolute Gasteiger partial charge is 0.366 e. The predicted octanol–water partition coefficient (Wildman–Crippen LogP) is 3.62. The Morgan fingerprint density at radius 2 is 1.96 bits per heavy atom. The van der Waals surface area contributed by atoms with Crippen LogP contribution in [0.5, 0.6) is 0 Å². The Kier molecular flexibility index (Phi) is 8.63. The molecule has 2 rings (SSSR count). The van der Waals surface area contributed by atoms with Gasteiger partial charge < -0.3 is 14.2 Å². The lowest BCUT2D eigenvalue weighted by Crippen LogP contribution is -2.48. The van der Waals surface area contributed by atoms with Gasteiger partial charge in [0.05, 0.1) is 32.6 Å². The van der Waals surface area contributed by atoms with Crippen LogP contribution in [-0.4, -0.2) is 44.9 Å². The summed E-state index contributed by atoms with van der Waals surface area (Å²) in [4.78, 5) is 18.3. The fourth-order valence-electron chi connectivity index (χ4n) is 2.71. The van der Waals surface area contributed by atoms with Crippen molar-refractivity contribution >= 4 is 23.4 Å². The van der Waals surface area contributed by atoms with Crippen LogP contribution >= 0.6 is 11.8 Å². The Hall–Kier alpha value is -1.54. The first kappa shape index (κ1) is 21.8. The number of thioether (sulfide) groups is 1. The van der Waals surface area contributed by atoms with E-state index in [0.717, 1.165) is 30.5 Å². The largest absolute Gasteiger partial charge is 0.465 e. The van der Waals surface area contributed by atoms with Gasteiger partial charge in [-0.3, -0.25) is 10.3 Å². The van der Waals surface area contributed by atoms with Crippen molar-refractivity contribution in [3.8, 4) is 0 Å². The summed E-state index contributed by atoms with van der Waals surface area (Å²) in [6, 6.07) is 8.17. The zero-order valence-corrected chi connectivity index (χ0v) is 17.1. The zero-order chi connectivity index (χ0) is 19.7. The molecular formula is C20H29NO5S. The third-order valence-electron chi connectivity index (χ3n) is 4.49. The van der Waals surface area contributed by atoms with Crippen molar-refractivity contribution in [1.82, 2.24) is 5.48 Å². The normalized spacial score (nSPS) is 22.3. The first-order valence-electron chi connectivity index (χ1n) is 9.06. The SMILES string of the molecule is C=C(NOCCCCC1COC(C)(C(=O)OC)OC1)c1ccc(SC)cc1. The number of methoxy groups -OCH3 is 1. The average molecular weight is 396 g/mol. The van der Waals surface area contributed by atoms with E-state index in [2.05, 4.69) is 30.4 Å². The molecule has 0 aromatic heterocycles. The van der Waals surface area contributed by atoms with Gasteiger partial charge in [0.15, 0.2) is 0 Å². The Labute approximate surface area is 165 Å². The Morgan fingerprint density at radius 3 is 2.56 bits per heavy atom. The topological polar surface area (TPSA) is 66.0 Å². The molecule has 1 aromatic carbocycles. The van der Waals surface area contributed by atoms with Crippen LogP contribution in [0.4, 0.5) is 0 Å². The summed E-state index contributed by atoms with van der Waals surface area (Å²) in [5, 5.41) is 0. The molecule has 1 aliphatic heterocycles. The minimum absolute atomic E-state index is 0.278. The van der Waals surface area contributed by atoms with Gasteiger partial charge in [-0.2, -0.15) is 0 Å². The van der Waals surface area contributed by atoms with E-state index in [1.165, 1.54) is 12.0 Å². The number of hydrogen-bond donors (Lipinski definition) is 1. The number of rotatable bonds is 10. The summed E-state index contributed by atoms with van der Waals surface area (Å²) in [6.07, 6.45) is 4.91. The Bertz CT molecular complexity index is 611. The number of carbonyl (C=O) groups excluding carboxylic acids is 1. The van der Waals surface area contributed by atoms with E-state index < -0.39 is 11.8 Å². The third kappa shape index (κ3) is 6.53. The van der Waals surface area contributed by atoms with Gasteiger partial charge in [0.25, 0.3) is 5.79 Å². The molecule has 0 unspecified atom stereocenters. The maximum Gasteiger partial charge on any atom is 0.366 e. The zero-order valence-electron chi connectivity index (χ0n) is 16.3. The molecule has 1 N–H and O–H groups in total. The summed E-state index contributed by atoms with van der Waals surface area (Å²) in [6.45, 7) is 7.17. The van der Waals surface area contributed by atoms with E-state index >= 15 is 0 Å². The van der Waals surface area contributed by atoms with Gasteiger partial charge in [0, 0.05) is 17.7 Å². The van der Waals surface area contributed by atoms with Crippen molar-refractivity contribution in [2.24, 2.45) is 5.92 Å².